The molecule has 0 amide bonds. The van der Waals surface area contributed by atoms with E-state index in [1.54, 1.807) is 0 Å². The van der Waals surface area contributed by atoms with Gasteiger partial charge in [-0.15, -0.1) is 0 Å². The summed E-state index contributed by atoms with van der Waals surface area (Å²) in [5, 5.41) is 3.99. The maximum absolute atomic E-state index is 6.13. The molecule has 3 aliphatic rings. The van der Waals surface area contributed by atoms with Crippen LogP contribution in [-0.2, 0) is 4.74 Å². The molecule has 110 valence electrons. The van der Waals surface area contributed by atoms with Crippen molar-refractivity contribution >= 4 is 11.8 Å². The fraction of sp³-hybridized carbons (Fsp3) is 1.00. The molecule has 0 aromatic rings. The van der Waals surface area contributed by atoms with E-state index in [0.29, 0.717) is 6.04 Å². The number of ether oxygens (including phenoxy) is 1. The minimum Gasteiger partial charge on any atom is -0.374 e. The Morgan fingerprint density at radius 2 is 2.11 bits per heavy atom. The Morgan fingerprint density at radius 3 is 2.84 bits per heavy atom. The van der Waals surface area contributed by atoms with E-state index in [4.69, 9.17) is 4.74 Å². The van der Waals surface area contributed by atoms with E-state index in [0.717, 1.165) is 24.5 Å². The largest absolute Gasteiger partial charge is 0.374 e. The minimum atomic E-state index is 0.228. The molecule has 2 nitrogen and oxygen atoms in total. The second-order valence-corrected chi connectivity index (χ2v) is 8.30. The third-order valence-electron chi connectivity index (χ3n) is 5.44. The van der Waals surface area contributed by atoms with Gasteiger partial charge in [0.05, 0.1) is 5.60 Å². The van der Waals surface area contributed by atoms with Gasteiger partial charge in [0.15, 0.2) is 0 Å². The van der Waals surface area contributed by atoms with Crippen LogP contribution in [0.5, 0.6) is 0 Å². The van der Waals surface area contributed by atoms with Gasteiger partial charge in [-0.05, 0) is 56.1 Å². The van der Waals surface area contributed by atoms with Crippen LogP contribution in [0, 0.1) is 11.8 Å². The van der Waals surface area contributed by atoms with Crippen LogP contribution in [0.4, 0.5) is 0 Å². The predicted octanol–water partition coefficient (Wildman–Crippen LogP) is 3.46. The van der Waals surface area contributed by atoms with E-state index in [1.807, 2.05) is 0 Å². The quantitative estimate of drug-likeness (QED) is 0.838. The van der Waals surface area contributed by atoms with Gasteiger partial charge in [0.1, 0.15) is 0 Å². The summed E-state index contributed by atoms with van der Waals surface area (Å²) in [6.07, 6.45) is 7.92. The molecule has 1 N–H and O–H groups in total. The van der Waals surface area contributed by atoms with Crippen molar-refractivity contribution in [3.63, 3.8) is 0 Å². The zero-order chi connectivity index (χ0) is 13.3. The van der Waals surface area contributed by atoms with Crippen LogP contribution in [0.2, 0.25) is 0 Å². The number of rotatable bonds is 2. The first kappa shape index (κ1) is 14.2. The molecule has 5 unspecified atom stereocenters. The van der Waals surface area contributed by atoms with Crippen molar-refractivity contribution in [3.8, 4) is 0 Å². The van der Waals surface area contributed by atoms with Crippen molar-refractivity contribution < 1.29 is 4.74 Å². The lowest BCUT2D eigenvalue weighted by atomic mass is 9.79. The SMILES string of the molecule is CC1CCC(NC2CCOC3(CCSC3)C2)C(C)C1. The first-order valence-corrected chi connectivity index (χ1v) is 9.30. The zero-order valence-corrected chi connectivity index (χ0v) is 13.3. The molecule has 2 heterocycles. The highest BCUT2D eigenvalue weighted by Crippen LogP contribution is 2.39. The average Bonchev–Trinajstić information content (AvgIpc) is 2.81. The molecular formula is C16H29NOS. The molecule has 0 aromatic heterocycles. The number of thioether (sulfide) groups is 1. The summed E-state index contributed by atoms with van der Waals surface area (Å²) in [7, 11) is 0. The second kappa shape index (κ2) is 5.95. The fourth-order valence-corrected chi connectivity index (χ4v) is 5.63. The Hall–Kier alpha value is 0.270. The highest BCUT2D eigenvalue weighted by atomic mass is 32.2. The van der Waals surface area contributed by atoms with Crippen LogP contribution in [0.25, 0.3) is 0 Å². The summed E-state index contributed by atoms with van der Waals surface area (Å²) >= 11 is 2.08. The average molecular weight is 283 g/mol. The van der Waals surface area contributed by atoms with Gasteiger partial charge in [-0.2, -0.15) is 11.8 Å². The molecule has 1 aliphatic carbocycles. The summed E-state index contributed by atoms with van der Waals surface area (Å²) in [4.78, 5) is 0. The summed E-state index contributed by atoms with van der Waals surface area (Å²) < 4.78 is 6.13. The summed E-state index contributed by atoms with van der Waals surface area (Å²) in [5.41, 5.74) is 0.228. The van der Waals surface area contributed by atoms with E-state index >= 15 is 0 Å². The predicted molar refractivity (Wildman–Crippen MR) is 82.7 cm³/mol. The zero-order valence-electron chi connectivity index (χ0n) is 12.5. The standard InChI is InChI=1S/C16H29NOS/c1-12-3-4-15(13(2)9-12)17-14-5-7-18-16(10-14)6-8-19-11-16/h12-15,17H,3-11H2,1-2H3. The van der Waals surface area contributed by atoms with Crippen molar-refractivity contribution in [2.45, 2.75) is 70.1 Å². The van der Waals surface area contributed by atoms with Crippen molar-refractivity contribution in [2.24, 2.45) is 11.8 Å². The monoisotopic (exact) mass is 283 g/mol. The lowest BCUT2D eigenvalue weighted by Gasteiger charge is -2.42. The second-order valence-electron chi connectivity index (χ2n) is 7.19. The van der Waals surface area contributed by atoms with Crippen molar-refractivity contribution in [1.29, 1.82) is 0 Å². The number of hydrogen-bond acceptors (Lipinski definition) is 3. The topological polar surface area (TPSA) is 21.3 Å². The molecule has 0 aromatic carbocycles. The number of nitrogens with one attached hydrogen (secondary N) is 1. The van der Waals surface area contributed by atoms with Gasteiger partial charge < -0.3 is 10.1 Å². The van der Waals surface area contributed by atoms with Gasteiger partial charge >= 0.3 is 0 Å². The van der Waals surface area contributed by atoms with E-state index in [9.17, 15) is 0 Å². The Kier molecular flexibility index (Phi) is 4.45. The molecule has 1 saturated carbocycles. The van der Waals surface area contributed by atoms with Crippen LogP contribution < -0.4 is 5.32 Å². The third-order valence-corrected chi connectivity index (χ3v) is 6.66. The fourth-order valence-electron chi connectivity index (χ4n) is 4.25. The molecule has 0 radical (unpaired) electrons. The van der Waals surface area contributed by atoms with Gasteiger partial charge in [0.25, 0.3) is 0 Å². The van der Waals surface area contributed by atoms with Crippen LogP contribution in [-0.4, -0.2) is 35.8 Å². The normalized spacial score (nSPS) is 47.7. The van der Waals surface area contributed by atoms with Crippen LogP contribution in [0.1, 0.15) is 52.4 Å². The van der Waals surface area contributed by atoms with E-state index in [-0.39, 0.29) is 5.60 Å². The Balaban J connectivity index is 1.54. The van der Waals surface area contributed by atoms with Crippen LogP contribution in [0.3, 0.4) is 0 Å². The smallest absolute Gasteiger partial charge is 0.0795 e. The number of hydrogen-bond donors (Lipinski definition) is 1. The molecule has 0 bridgehead atoms. The minimum absolute atomic E-state index is 0.228. The summed E-state index contributed by atoms with van der Waals surface area (Å²) in [6.45, 7) is 5.81. The van der Waals surface area contributed by atoms with E-state index in [2.05, 4.69) is 30.9 Å². The highest BCUT2D eigenvalue weighted by Gasteiger charge is 2.41. The molecule has 5 atom stereocenters. The van der Waals surface area contributed by atoms with Gasteiger partial charge in [0, 0.05) is 24.4 Å². The lowest BCUT2D eigenvalue weighted by molar-refractivity contribution is -0.0727. The van der Waals surface area contributed by atoms with Crippen molar-refractivity contribution in [1.82, 2.24) is 5.32 Å². The maximum atomic E-state index is 6.13. The highest BCUT2D eigenvalue weighted by molar-refractivity contribution is 7.99. The molecule has 19 heavy (non-hydrogen) atoms. The maximum Gasteiger partial charge on any atom is 0.0795 e. The Labute approximate surface area is 122 Å². The molecule has 1 spiro atoms. The van der Waals surface area contributed by atoms with Crippen LogP contribution >= 0.6 is 11.8 Å². The molecule has 3 rings (SSSR count). The van der Waals surface area contributed by atoms with E-state index in [1.165, 1.54) is 50.0 Å². The molecule has 2 aliphatic heterocycles. The van der Waals surface area contributed by atoms with Crippen molar-refractivity contribution in [2.75, 3.05) is 18.1 Å². The molecule has 3 heteroatoms. The molecule has 2 saturated heterocycles. The van der Waals surface area contributed by atoms with Crippen LogP contribution in [0.15, 0.2) is 0 Å². The first-order chi connectivity index (χ1) is 9.17. The van der Waals surface area contributed by atoms with E-state index < -0.39 is 0 Å². The van der Waals surface area contributed by atoms with Crippen molar-refractivity contribution in [3.05, 3.63) is 0 Å². The summed E-state index contributed by atoms with van der Waals surface area (Å²) in [5.74, 6) is 4.30. The Bertz CT molecular complexity index is 303. The Morgan fingerprint density at radius 1 is 1.21 bits per heavy atom. The summed E-state index contributed by atoms with van der Waals surface area (Å²) in [6, 6.07) is 1.46. The first-order valence-electron chi connectivity index (χ1n) is 8.15. The van der Waals surface area contributed by atoms with Gasteiger partial charge in [-0.3, -0.25) is 0 Å². The van der Waals surface area contributed by atoms with Gasteiger partial charge in [0.2, 0.25) is 0 Å². The molecule has 3 fully saturated rings. The molecular weight excluding hydrogens is 254 g/mol. The van der Waals surface area contributed by atoms with Gasteiger partial charge in [-0.1, -0.05) is 13.8 Å². The lowest BCUT2D eigenvalue weighted by Crippen LogP contribution is -2.52. The van der Waals surface area contributed by atoms with Gasteiger partial charge in [-0.25, -0.2) is 0 Å². The third kappa shape index (κ3) is 3.30.